The molecule has 2 aromatic heterocycles. The zero-order chi connectivity index (χ0) is 29.7. The van der Waals surface area contributed by atoms with E-state index >= 15 is 0 Å². The molecule has 0 radical (unpaired) electrons. The van der Waals surface area contributed by atoms with Crippen molar-refractivity contribution in [2.24, 2.45) is 4.99 Å². The summed E-state index contributed by atoms with van der Waals surface area (Å²) < 4.78 is 50.2. The predicted molar refractivity (Wildman–Crippen MR) is 151 cm³/mol. The van der Waals surface area contributed by atoms with Gasteiger partial charge in [-0.05, 0) is 48.9 Å². The van der Waals surface area contributed by atoms with Gasteiger partial charge in [0.2, 0.25) is 0 Å². The van der Waals surface area contributed by atoms with E-state index in [9.17, 15) is 18.4 Å². The fraction of sp³-hybridized carbons (Fsp3) is 0.100. The Morgan fingerprint density at radius 3 is 2.64 bits per heavy atom. The van der Waals surface area contributed by atoms with E-state index in [1.54, 1.807) is 23.7 Å². The standard InChI is InChI=1S/C30H21F3N8O/c1-15-24(17-5-4-6-20(31)10-17)26(38-23-8-7-21(32)13-40(15)23)16(2)41-30-25(29(35)36-14-37-30)27(39-41)18-9-19(12-34)28(42-3)22(33)11-18/h4-11,13-14,16H,1H2,2-3H3,(H2,35,36,37). The number of amidine groups is 1. The molecule has 6 rings (SSSR count). The maximum absolute atomic E-state index is 15.0. The van der Waals surface area contributed by atoms with Crippen LogP contribution >= 0.6 is 0 Å². The van der Waals surface area contributed by atoms with Crippen LogP contribution in [0.1, 0.15) is 24.1 Å². The van der Waals surface area contributed by atoms with E-state index in [1.807, 2.05) is 6.07 Å². The molecule has 0 bridgehead atoms. The van der Waals surface area contributed by atoms with Gasteiger partial charge in [-0.15, -0.1) is 0 Å². The highest BCUT2D eigenvalue weighted by Gasteiger charge is 2.32. The van der Waals surface area contributed by atoms with Gasteiger partial charge in [0.1, 0.15) is 41.4 Å². The lowest BCUT2D eigenvalue weighted by Gasteiger charge is -2.33. The van der Waals surface area contributed by atoms with Crippen LogP contribution in [0, 0.1) is 23.0 Å². The number of hydrogen-bond acceptors (Lipinski definition) is 8. The number of hydrogen-bond donors (Lipinski definition) is 1. The van der Waals surface area contributed by atoms with Crippen molar-refractivity contribution >= 4 is 28.3 Å². The number of halogens is 3. The number of allylic oxidation sites excluding steroid dienone is 4. The molecular weight excluding hydrogens is 545 g/mol. The first-order chi connectivity index (χ1) is 20.2. The molecule has 2 N–H and O–H groups in total. The number of nitrogen functional groups attached to an aromatic ring is 1. The number of fused-ring (bicyclic) bond motifs is 2. The number of aromatic nitrogens is 4. The van der Waals surface area contributed by atoms with Crippen LogP contribution in [0.4, 0.5) is 19.0 Å². The maximum atomic E-state index is 15.0. The highest BCUT2D eigenvalue weighted by atomic mass is 19.1. The summed E-state index contributed by atoms with van der Waals surface area (Å²) >= 11 is 0. The Hall–Kier alpha value is -5.70. The van der Waals surface area contributed by atoms with Crippen molar-refractivity contribution in [2.75, 3.05) is 12.8 Å². The van der Waals surface area contributed by atoms with Crippen molar-refractivity contribution in [1.82, 2.24) is 24.6 Å². The largest absolute Gasteiger partial charge is 0.492 e. The molecule has 0 aliphatic carbocycles. The number of aliphatic imine (C=N–C) groups is 1. The highest BCUT2D eigenvalue weighted by Crippen LogP contribution is 2.42. The summed E-state index contributed by atoms with van der Waals surface area (Å²) in [5.41, 5.74) is 8.75. The molecule has 2 aliphatic heterocycles. The molecule has 42 heavy (non-hydrogen) atoms. The van der Waals surface area contributed by atoms with Gasteiger partial charge in [-0.3, -0.25) is 4.90 Å². The first-order valence-corrected chi connectivity index (χ1v) is 12.6. The van der Waals surface area contributed by atoms with Crippen molar-refractivity contribution < 1.29 is 17.9 Å². The van der Waals surface area contributed by atoms with Gasteiger partial charge in [0, 0.05) is 23.0 Å². The molecule has 2 aromatic carbocycles. The van der Waals surface area contributed by atoms with E-state index < -0.39 is 23.5 Å². The Labute approximate surface area is 237 Å². The second-order valence-electron chi connectivity index (χ2n) is 9.48. The average molecular weight is 567 g/mol. The van der Waals surface area contributed by atoms with Gasteiger partial charge in [-0.25, -0.2) is 32.8 Å². The van der Waals surface area contributed by atoms with Crippen LogP contribution in [0.2, 0.25) is 0 Å². The van der Waals surface area contributed by atoms with Gasteiger partial charge in [0.15, 0.2) is 17.2 Å². The average Bonchev–Trinajstić information content (AvgIpc) is 3.37. The van der Waals surface area contributed by atoms with Crippen molar-refractivity contribution in [3.05, 3.63) is 108 Å². The van der Waals surface area contributed by atoms with Crippen molar-refractivity contribution in [2.45, 2.75) is 13.0 Å². The zero-order valence-electron chi connectivity index (χ0n) is 22.3. The molecule has 208 valence electrons. The fourth-order valence-electron chi connectivity index (χ4n) is 5.09. The summed E-state index contributed by atoms with van der Waals surface area (Å²) in [6.07, 6.45) is 5.31. The lowest BCUT2D eigenvalue weighted by Crippen LogP contribution is -2.31. The molecule has 9 nitrogen and oxygen atoms in total. The van der Waals surface area contributed by atoms with E-state index in [-0.39, 0.29) is 28.4 Å². The number of anilines is 1. The Kier molecular flexibility index (Phi) is 6.34. The third kappa shape index (κ3) is 4.19. The van der Waals surface area contributed by atoms with Gasteiger partial charge >= 0.3 is 0 Å². The monoisotopic (exact) mass is 566 g/mol. The molecule has 1 unspecified atom stereocenters. The van der Waals surface area contributed by atoms with Crippen molar-refractivity contribution in [1.29, 1.82) is 5.26 Å². The summed E-state index contributed by atoms with van der Waals surface area (Å²) in [6, 6.07) is 9.79. The molecule has 4 heterocycles. The maximum Gasteiger partial charge on any atom is 0.172 e. The van der Waals surface area contributed by atoms with Gasteiger partial charge in [0.05, 0.1) is 29.8 Å². The molecule has 4 aromatic rings. The van der Waals surface area contributed by atoms with E-state index in [1.165, 1.54) is 61.0 Å². The second-order valence-corrected chi connectivity index (χ2v) is 9.48. The summed E-state index contributed by atoms with van der Waals surface area (Å²) in [5.74, 6) is -1.44. The van der Waals surface area contributed by atoms with Crippen LogP contribution in [0.3, 0.4) is 0 Å². The summed E-state index contributed by atoms with van der Waals surface area (Å²) in [7, 11) is 1.27. The number of benzene rings is 2. The summed E-state index contributed by atoms with van der Waals surface area (Å²) in [5, 5.41) is 14.7. The van der Waals surface area contributed by atoms with Crippen LogP contribution in [-0.4, -0.2) is 37.6 Å². The molecule has 2 aliphatic rings. The Bertz CT molecular complexity index is 1980. The smallest absolute Gasteiger partial charge is 0.172 e. The van der Waals surface area contributed by atoms with Crippen molar-refractivity contribution in [3.8, 4) is 23.1 Å². The number of nitrogens with zero attached hydrogens (tertiary/aromatic N) is 7. The third-order valence-corrected chi connectivity index (χ3v) is 7.00. The van der Waals surface area contributed by atoms with Crippen molar-refractivity contribution in [3.63, 3.8) is 0 Å². The SMILES string of the molecule is C=C1C(c2cccc(F)c2)=C(C(C)n2nc(-c3cc(F)c(OC)c(C#N)c3)c3c(N)ncnc32)N=C2C=CC(F)=CN12. The molecule has 0 fully saturated rings. The lowest BCUT2D eigenvalue weighted by atomic mass is 9.95. The summed E-state index contributed by atoms with van der Waals surface area (Å²) in [6.45, 7) is 5.98. The van der Waals surface area contributed by atoms with E-state index in [4.69, 9.17) is 20.6 Å². The highest BCUT2D eigenvalue weighted by molar-refractivity contribution is 6.03. The molecule has 0 amide bonds. The molecule has 0 saturated heterocycles. The molecule has 0 saturated carbocycles. The van der Waals surface area contributed by atoms with Gasteiger partial charge in [-0.1, -0.05) is 18.7 Å². The van der Waals surface area contributed by atoms with E-state index in [2.05, 4.69) is 16.5 Å². The minimum Gasteiger partial charge on any atom is -0.492 e. The van der Waals surface area contributed by atoms with Crippen LogP contribution < -0.4 is 10.5 Å². The number of nitriles is 1. The Morgan fingerprint density at radius 2 is 1.90 bits per heavy atom. The van der Waals surface area contributed by atoms with Gasteiger partial charge in [0.25, 0.3) is 0 Å². The third-order valence-electron chi connectivity index (χ3n) is 7.00. The molecular formula is C30H21F3N8O. The van der Waals surface area contributed by atoms with Gasteiger partial charge in [-0.2, -0.15) is 10.4 Å². The lowest BCUT2D eigenvalue weighted by molar-refractivity contribution is 0.385. The zero-order valence-corrected chi connectivity index (χ0v) is 22.3. The topological polar surface area (TPSA) is 118 Å². The number of methoxy groups -OCH3 is 1. The Balaban J connectivity index is 1.60. The number of rotatable bonds is 5. The first-order valence-electron chi connectivity index (χ1n) is 12.6. The molecule has 12 heteroatoms. The first kappa shape index (κ1) is 26.5. The minimum atomic E-state index is -0.756. The minimum absolute atomic E-state index is 0.0331. The van der Waals surface area contributed by atoms with Crippen LogP contribution in [-0.2, 0) is 0 Å². The van der Waals surface area contributed by atoms with Crippen LogP contribution in [0.15, 0.2) is 89.9 Å². The summed E-state index contributed by atoms with van der Waals surface area (Å²) in [4.78, 5) is 14.8. The van der Waals surface area contributed by atoms with Gasteiger partial charge < -0.3 is 10.5 Å². The molecule has 0 spiro atoms. The predicted octanol–water partition coefficient (Wildman–Crippen LogP) is 5.81. The molecule has 1 atom stereocenters. The second kappa shape index (κ2) is 10.0. The van der Waals surface area contributed by atoms with E-state index in [0.717, 1.165) is 0 Å². The van der Waals surface area contributed by atoms with E-state index in [0.29, 0.717) is 39.4 Å². The number of ether oxygens (including phenoxy) is 1. The Morgan fingerprint density at radius 1 is 1.10 bits per heavy atom. The fourth-order valence-corrected chi connectivity index (χ4v) is 5.09. The number of nitrogens with two attached hydrogens (primary N) is 1. The van der Waals surface area contributed by atoms with Crippen LogP contribution in [0.25, 0.3) is 27.9 Å². The quantitative estimate of drug-likeness (QED) is 0.324. The normalized spacial score (nSPS) is 15.3. The van der Waals surface area contributed by atoms with Crippen LogP contribution in [0.5, 0.6) is 5.75 Å².